The lowest BCUT2D eigenvalue weighted by molar-refractivity contribution is 0.105. The summed E-state index contributed by atoms with van der Waals surface area (Å²) in [6.07, 6.45) is 3.68. The van der Waals surface area contributed by atoms with Gasteiger partial charge in [-0.2, -0.15) is 0 Å². The normalized spacial score (nSPS) is 16.9. The number of likely N-dealkylation sites (N-methyl/N-ethyl adjacent to an activating group) is 1. The van der Waals surface area contributed by atoms with Gasteiger partial charge in [-0.15, -0.1) is 11.3 Å². The van der Waals surface area contributed by atoms with Crippen molar-refractivity contribution in [3.05, 3.63) is 28.1 Å². The maximum absolute atomic E-state index is 12.2. The van der Waals surface area contributed by atoms with Crippen LogP contribution in [-0.4, -0.2) is 45.8 Å². The maximum Gasteiger partial charge on any atom is 0.271 e. The molecule has 1 aliphatic carbocycles. The summed E-state index contributed by atoms with van der Waals surface area (Å²) in [7, 11) is 1.98. The predicted octanol–water partition coefficient (Wildman–Crippen LogP) is 1.16. The number of hydrogen-bond acceptors (Lipinski definition) is 5. The lowest BCUT2D eigenvalue weighted by Crippen LogP contribution is -2.34. The van der Waals surface area contributed by atoms with Gasteiger partial charge >= 0.3 is 0 Å². The molecular weight excluding hydrogens is 274 g/mol. The Morgan fingerprint density at radius 1 is 1.60 bits per heavy atom. The SMILES string of the molecule is CN(CCn1cnc2ccsc2c1=O)CC(O)C1CC1. The molecule has 1 atom stereocenters. The minimum atomic E-state index is -0.227. The largest absolute Gasteiger partial charge is 0.392 e. The molecule has 2 heterocycles. The first-order valence-electron chi connectivity index (χ1n) is 6.94. The van der Waals surface area contributed by atoms with Crippen LogP contribution in [0.25, 0.3) is 10.2 Å². The van der Waals surface area contributed by atoms with E-state index in [2.05, 4.69) is 9.88 Å². The van der Waals surface area contributed by atoms with Crippen molar-refractivity contribution >= 4 is 21.6 Å². The van der Waals surface area contributed by atoms with Crippen LogP contribution in [-0.2, 0) is 6.54 Å². The van der Waals surface area contributed by atoms with Crippen molar-refractivity contribution in [3.63, 3.8) is 0 Å². The highest BCUT2D eigenvalue weighted by molar-refractivity contribution is 7.17. The van der Waals surface area contributed by atoms with Crippen molar-refractivity contribution in [1.29, 1.82) is 0 Å². The fraction of sp³-hybridized carbons (Fsp3) is 0.571. The second kappa shape index (κ2) is 5.63. The highest BCUT2D eigenvalue weighted by atomic mass is 32.1. The Hall–Kier alpha value is -1.24. The Balaban J connectivity index is 1.61. The van der Waals surface area contributed by atoms with Crippen LogP contribution in [0.1, 0.15) is 12.8 Å². The number of thiophene rings is 1. The topological polar surface area (TPSA) is 58.4 Å². The highest BCUT2D eigenvalue weighted by Gasteiger charge is 2.30. The molecule has 5 nitrogen and oxygen atoms in total. The fourth-order valence-electron chi connectivity index (χ4n) is 2.36. The van der Waals surface area contributed by atoms with E-state index in [4.69, 9.17) is 0 Å². The van der Waals surface area contributed by atoms with Gasteiger partial charge in [0.05, 0.1) is 17.9 Å². The number of hydrogen-bond donors (Lipinski definition) is 1. The maximum atomic E-state index is 12.2. The molecule has 1 aliphatic rings. The molecular formula is C14H19N3O2S. The molecule has 0 amide bonds. The van der Waals surface area contributed by atoms with Crippen LogP contribution in [0, 0.1) is 5.92 Å². The molecule has 1 unspecified atom stereocenters. The Morgan fingerprint density at radius 2 is 2.40 bits per heavy atom. The summed E-state index contributed by atoms with van der Waals surface area (Å²) in [5.41, 5.74) is 0.801. The van der Waals surface area contributed by atoms with Gasteiger partial charge < -0.3 is 10.0 Å². The summed E-state index contributed by atoms with van der Waals surface area (Å²) in [6.45, 7) is 2.02. The molecule has 0 radical (unpaired) electrons. The lowest BCUT2D eigenvalue weighted by Gasteiger charge is -2.20. The van der Waals surface area contributed by atoms with Crippen LogP contribution >= 0.6 is 11.3 Å². The van der Waals surface area contributed by atoms with Crippen LogP contribution in [0.2, 0.25) is 0 Å². The van der Waals surface area contributed by atoms with E-state index in [9.17, 15) is 9.90 Å². The van der Waals surface area contributed by atoms with E-state index in [0.29, 0.717) is 23.7 Å². The average Bonchev–Trinajstić information content (AvgIpc) is 3.16. The Labute approximate surface area is 121 Å². The van der Waals surface area contributed by atoms with Gasteiger partial charge in [0, 0.05) is 19.6 Å². The van der Waals surface area contributed by atoms with E-state index in [1.165, 1.54) is 11.3 Å². The van der Waals surface area contributed by atoms with E-state index < -0.39 is 0 Å². The lowest BCUT2D eigenvalue weighted by atomic mass is 10.2. The minimum Gasteiger partial charge on any atom is -0.392 e. The smallest absolute Gasteiger partial charge is 0.271 e. The predicted molar refractivity (Wildman–Crippen MR) is 80.1 cm³/mol. The van der Waals surface area contributed by atoms with Crippen molar-refractivity contribution in [1.82, 2.24) is 14.5 Å². The highest BCUT2D eigenvalue weighted by Crippen LogP contribution is 2.32. The fourth-order valence-corrected chi connectivity index (χ4v) is 3.15. The van der Waals surface area contributed by atoms with Crippen LogP contribution in [0.3, 0.4) is 0 Å². The Morgan fingerprint density at radius 3 is 3.15 bits per heavy atom. The number of aromatic nitrogens is 2. The van der Waals surface area contributed by atoms with Crippen LogP contribution in [0.5, 0.6) is 0 Å². The molecule has 20 heavy (non-hydrogen) atoms. The van der Waals surface area contributed by atoms with Gasteiger partial charge in [-0.3, -0.25) is 9.36 Å². The molecule has 6 heteroatoms. The number of rotatable bonds is 6. The summed E-state index contributed by atoms with van der Waals surface area (Å²) >= 11 is 1.44. The second-order valence-electron chi connectivity index (χ2n) is 5.55. The van der Waals surface area contributed by atoms with Crippen molar-refractivity contribution in [3.8, 4) is 0 Å². The third kappa shape index (κ3) is 2.92. The van der Waals surface area contributed by atoms with Crippen molar-refractivity contribution in [2.45, 2.75) is 25.5 Å². The molecule has 2 aromatic rings. The van der Waals surface area contributed by atoms with Gasteiger partial charge in [-0.05, 0) is 37.3 Å². The van der Waals surface area contributed by atoms with Gasteiger partial charge in [0.15, 0.2) is 0 Å². The van der Waals surface area contributed by atoms with Gasteiger partial charge in [-0.1, -0.05) is 0 Å². The van der Waals surface area contributed by atoms with E-state index in [0.717, 1.165) is 24.9 Å². The molecule has 1 saturated carbocycles. The summed E-state index contributed by atoms with van der Waals surface area (Å²) in [5.74, 6) is 0.490. The molecule has 0 aromatic carbocycles. The van der Waals surface area contributed by atoms with Gasteiger partial charge in [0.1, 0.15) is 4.70 Å². The van der Waals surface area contributed by atoms with Crippen molar-refractivity contribution in [2.24, 2.45) is 5.92 Å². The van der Waals surface area contributed by atoms with Crippen LogP contribution < -0.4 is 5.56 Å². The summed E-state index contributed by atoms with van der Waals surface area (Å²) < 4.78 is 2.37. The Bertz CT molecular complexity index is 647. The number of aliphatic hydroxyl groups excluding tert-OH is 1. The first kappa shape index (κ1) is 13.7. The number of aliphatic hydroxyl groups is 1. The van der Waals surface area contributed by atoms with Crippen molar-refractivity contribution in [2.75, 3.05) is 20.1 Å². The first-order chi connectivity index (χ1) is 9.65. The molecule has 0 bridgehead atoms. The quantitative estimate of drug-likeness (QED) is 0.868. The third-order valence-electron chi connectivity index (χ3n) is 3.82. The van der Waals surface area contributed by atoms with E-state index in [1.807, 2.05) is 18.5 Å². The molecule has 1 fully saturated rings. The van der Waals surface area contributed by atoms with Gasteiger partial charge in [-0.25, -0.2) is 4.98 Å². The zero-order valence-electron chi connectivity index (χ0n) is 11.5. The van der Waals surface area contributed by atoms with Gasteiger partial charge in [0.25, 0.3) is 5.56 Å². The zero-order valence-corrected chi connectivity index (χ0v) is 12.3. The summed E-state index contributed by atoms with van der Waals surface area (Å²) in [5, 5.41) is 11.8. The van der Waals surface area contributed by atoms with E-state index in [-0.39, 0.29) is 11.7 Å². The number of nitrogens with zero attached hydrogens (tertiary/aromatic N) is 3. The van der Waals surface area contributed by atoms with Gasteiger partial charge in [0.2, 0.25) is 0 Å². The second-order valence-corrected chi connectivity index (χ2v) is 6.46. The molecule has 108 valence electrons. The van der Waals surface area contributed by atoms with Crippen LogP contribution in [0.15, 0.2) is 22.6 Å². The molecule has 1 N–H and O–H groups in total. The Kier molecular flexibility index (Phi) is 3.87. The average molecular weight is 293 g/mol. The summed E-state index contributed by atoms with van der Waals surface area (Å²) in [6, 6.07) is 1.86. The molecule has 0 spiro atoms. The van der Waals surface area contributed by atoms with Crippen molar-refractivity contribution < 1.29 is 5.11 Å². The molecule has 0 aliphatic heterocycles. The van der Waals surface area contributed by atoms with Crippen LogP contribution in [0.4, 0.5) is 0 Å². The number of fused-ring (bicyclic) bond motifs is 1. The molecule has 2 aromatic heterocycles. The zero-order chi connectivity index (χ0) is 14.1. The molecule has 0 saturated heterocycles. The summed E-state index contributed by atoms with van der Waals surface area (Å²) in [4.78, 5) is 18.6. The van der Waals surface area contributed by atoms with E-state index >= 15 is 0 Å². The third-order valence-corrected chi connectivity index (χ3v) is 4.71. The standard InChI is InChI=1S/C14H19N3O2S/c1-16(8-12(18)10-2-3-10)5-6-17-9-15-11-4-7-20-13(11)14(17)19/h4,7,9-10,12,18H,2-3,5-6,8H2,1H3. The molecule has 3 rings (SSSR count). The monoisotopic (exact) mass is 293 g/mol. The van der Waals surface area contributed by atoms with E-state index in [1.54, 1.807) is 10.9 Å². The minimum absolute atomic E-state index is 0.0288. The first-order valence-corrected chi connectivity index (χ1v) is 7.82.